The number of aromatic nitrogens is 2. The van der Waals surface area contributed by atoms with Crippen LogP contribution in [0.5, 0.6) is 0 Å². The molecule has 1 fully saturated rings. The molecule has 1 aliphatic carbocycles. The van der Waals surface area contributed by atoms with E-state index in [1.54, 1.807) is 11.3 Å². The molecule has 1 saturated carbocycles. The van der Waals surface area contributed by atoms with Crippen LogP contribution in [0.2, 0.25) is 0 Å². The number of hydrogen-bond donors (Lipinski definition) is 2. The summed E-state index contributed by atoms with van der Waals surface area (Å²) in [5.41, 5.74) is 0.974. The number of aromatic amines is 1. The summed E-state index contributed by atoms with van der Waals surface area (Å²) in [4.78, 5) is 19.4. The van der Waals surface area contributed by atoms with Gasteiger partial charge in [0.2, 0.25) is 0 Å². The van der Waals surface area contributed by atoms with Crippen LogP contribution >= 0.6 is 11.3 Å². The molecule has 0 spiro atoms. The van der Waals surface area contributed by atoms with Crippen molar-refractivity contribution in [3.8, 4) is 10.7 Å². The van der Waals surface area contributed by atoms with Crippen LogP contribution in [0.15, 0.2) is 17.5 Å². The molecule has 0 aliphatic heterocycles. The van der Waals surface area contributed by atoms with Crippen molar-refractivity contribution in [1.82, 2.24) is 9.97 Å². The van der Waals surface area contributed by atoms with Crippen LogP contribution in [-0.4, -0.2) is 21.0 Å². The fourth-order valence-electron chi connectivity index (χ4n) is 1.75. The van der Waals surface area contributed by atoms with Crippen molar-refractivity contribution in [3.05, 3.63) is 28.9 Å². The van der Waals surface area contributed by atoms with Crippen molar-refractivity contribution in [1.29, 1.82) is 0 Å². The van der Waals surface area contributed by atoms with Gasteiger partial charge in [0.15, 0.2) is 5.69 Å². The lowest BCUT2D eigenvalue weighted by Crippen LogP contribution is -2.00. The van der Waals surface area contributed by atoms with Crippen LogP contribution < -0.4 is 0 Å². The van der Waals surface area contributed by atoms with Gasteiger partial charge in [-0.05, 0) is 24.3 Å². The molecule has 0 bridgehead atoms. The Morgan fingerprint density at radius 1 is 1.56 bits per heavy atom. The van der Waals surface area contributed by atoms with Gasteiger partial charge < -0.3 is 10.1 Å². The first-order chi connectivity index (χ1) is 7.75. The topological polar surface area (TPSA) is 66.0 Å². The van der Waals surface area contributed by atoms with Crippen LogP contribution in [0.3, 0.4) is 0 Å². The second-order valence-electron chi connectivity index (χ2n) is 3.90. The Morgan fingerprint density at radius 2 is 2.38 bits per heavy atom. The third kappa shape index (κ3) is 1.53. The Labute approximate surface area is 96.0 Å². The van der Waals surface area contributed by atoms with Crippen LogP contribution in [-0.2, 0) is 0 Å². The molecule has 0 saturated heterocycles. The summed E-state index contributed by atoms with van der Waals surface area (Å²) in [7, 11) is 0. The molecule has 5 heteroatoms. The highest BCUT2D eigenvalue weighted by molar-refractivity contribution is 7.13. The summed E-state index contributed by atoms with van der Waals surface area (Å²) in [5, 5.41) is 11.0. The number of hydrogen-bond acceptors (Lipinski definition) is 3. The van der Waals surface area contributed by atoms with Gasteiger partial charge in [-0.25, -0.2) is 9.78 Å². The number of carboxylic acids is 1. The fraction of sp³-hybridized carbons (Fsp3) is 0.273. The van der Waals surface area contributed by atoms with Crippen molar-refractivity contribution >= 4 is 17.3 Å². The van der Waals surface area contributed by atoms with Crippen molar-refractivity contribution in [2.75, 3.05) is 0 Å². The van der Waals surface area contributed by atoms with Crippen LogP contribution in [0.1, 0.15) is 34.9 Å². The van der Waals surface area contributed by atoms with E-state index >= 15 is 0 Å². The van der Waals surface area contributed by atoms with Gasteiger partial charge in [0.25, 0.3) is 0 Å². The molecule has 2 aromatic rings. The van der Waals surface area contributed by atoms with Gasteiger partial charge in [-0.3, -0.25) is 0 Å². The van der Waals surface area contributed by atoms with E-state index in [1.165, 1.54) is 0 Å². The van der Waals surface area contributed by atoms with E-state index in [0.29, 0.717) is 11.7 Å². The Balaban J connectivity index is 2.08. The lowest BCUT2D eigenvalue weighted by molar-refractivity contribution is 0.0690. The normalized spacial score (nSPS) is 15.2. The predicted molar refractivity (Wildman–Crippen MR) is 60.8 cm³/mol. The summed E-state index contributed by atoms with van der Waals surface area (Å²) in [5.74, 6) is 0.0996. The minimum atomic E-state index is -0.944. The summed E-state index contributed by atoms with van der Waals surface area (Å²) in [6.45, 7) is 0. The molecule has 0 unspecified atom stereocenters. The number of rotatable bonds is 3. The van der Waals surface area contributed by atoms with Crippen LogP contribution in [0.25, 0.3) is 10.7 Å². The molecule has 0 amide bonds. The molecule has 16 heavy (non-hydrogen) atoms. The van der Waals surface area contributed by atoms with Crippen molar-refractivity contribution < 1.29 is 9.90 Å². The average Bonchev–Trinajstić information content (AvgIpc) is 2.83. The van der Waals surface area contributed by atoms with E-state index in [2.05, 4.69) is 9.97 Å². The summed E-state index contributed by atoms with van der Waals surface area (Å²) in [6, 6.07) is 3.87. The molecule has 4 nitrogen and oxygen atoms in total. The van der Waals surface area contributed by atoms with E-state index in [-0.39, 0.29) is 5.69 Å². The van der Waals surface area contributed by atoms with Crippen molar-refractivity contribution in [2.24, 2.45) is 0 Å². The van der Waals surface area contributed by atoms with Gasteiger partial charge in [-0.1, -0.05) is 6.07 Å². The second-order valence-corrected chi connectivity index (χ2v) is 4.85. The Kier molecular flexibility index (Phi) is 2.07. The molecular formula is C11H10N2O2S. The highest BCUT2D eigenvalue weighted by Crippen LogP contribution is 2.41. The maximum absolute atomic E-state index is 11.1. The Bertz CT molecular complexity index is 526. The molecule has 82 valence electrons. The number of thiophene rings is 1. The fourth-order valence-corrected chi connectivity index (χ4v) is 2.42. The van der Waals surface area contributed by atoms with Gasteiger partial charge in [-0.2, -0.15) is 0 Å². The molecule has 0 aromatic carbocycles. The highest BCUT2D eigenvalue weighted by Gasteiger charge is 2.31. The van der Waals surface area contributed by atoms with Crippen molar-refractivity contribution in [3.63, 3.8) is 0 Å². The minimum Gasteiger partial charge on any atom is -0.476 e. The number of imidazole rings is 1. The molecule has 2 N–H and O–H groups in total. The largest absolute Gasteiger partial charge is 0.476 e. The number of carboxylic acid groups (broad SMARTS) is 1. The first kappa shape index (κ1) is 9.59. The smallest absolute Gasteiger partial charge is 0.356 e. The lowest BCUT2D eigenvalue weighted by atomic mass is 10.2. The van der Waals surface area contributed by atoms with Crippen LogP contribution in [0.4, 0.5) is 0 Å². The predicted octanol–water partition coefficient (Wildman–Crippen LogP) is 2.71. The maximum Gasteiger partial charge on any atom is 0.356 e. The van der Waals surface area contributed by atoms with Gasteiger partial charge in [0.05, 0.1) is 10.6 Å². The monoisotopic (exact) mass is 234 g/mol. The average molecular weight is 234 g/mol. The first-order valence-corrected chi connectivity index (χ1v) is 6.00. The third-order valence-corrected chi connectivity index (χ3v) is 3.55. The number of aromatic carboxylic acids is 1. The molecule has 0 atom stereocenters. The zero-order valence-corrected chi connectivity index (χ0v) is 9.25. The highest BCUT2D eigenvalue weighted by atomic mass is 32.1. The Morgan fingerprint density at radius 3 is 2.94 bits per heavy atom. The molecule has 1 aliphatic rings. The van der Waals surface area contributed by atoms with Gasteiger partial charge >= 0.3 is 5.97 Å². The van der Waals surface area contributed by atoms with Crippen LogP contribution in [0, 0.1) is 0 Å². The van der Waals surface area contributed by atoms with E-state index in [9.17, 15) is 4.79 Å². The number of nitrogens with zero attached hydrogens (tertiary/aromatic N) is 1. The molecule has 3 rings (SSSR count). The SMILES string of the molecule is O=C(O)c1nc(-c2cccs2)[nH]c1C1CC1. The van der Waals surface area contributed by atoms with E-state index in [4.69, 9.17) is 5.11 Å². The van der Waals surface area contributed by atoms with Gasteiger partial charge in [-0.15, -0.1) is 11.3 Å². The molecule has 2 heterocycles. The van der Waals surface area contributed by atoms with Gasteiger partial charge in [0.1, 0.15) is 5.82 Å². The number of carbonyl (C=O) groups is 1. The standard InChI is InChI=1S/C11H10N2O2S/c14-11(15)9-8(6-3-4-6)12-10(13-9)7-2-1-5-16-7/h1-2,5-6H,3-4H2,(H,12,13)(H,14,15). The minimum absolute atomic E-state index is 0.186. The summed E-state index contributed by atoms with van der Waals surface area (Å²) in [6.07, 6.45) is 2.12. The maximum atomic E-state index is 11.1. The lowest BCUT2D eigenvalue weighted by Gasteiger charge is -1.92. The quantitative estimate of drug-likeness (QED) is 0.858. The van der Waals surface area contributed by atoms with Gasteiger partial charge in [0, 0.05) is 5.92 Å². The van der Waals surface area contributed by atoms with Crippen molar-refractivity contribution in [2.45, 2.75) is 18.8 Å². The summed E-state index contributed by atoms with van der Waals surface area (Å²) >= 11 is 1.56. The molecule has 2 aromatic heterocycles. The summed E-state index contributed by atoms with van der Waals surface area (Å²) < 4.78 is 0. The Hall–Kier alpha value is -1.62. The second kappa shape index (κ2) is 3.45. The van der Waals surface area contributed by atoms with E-state index in [0.717, 1.165) is 23.4 Å². The number of nitrogens with one attached hydrogen (secondary N) is 1. The zero-order chi connectivity index (χ0) is 11.1. The molecule has 0 radical (unpaired) electrons. The number of H-pyrrole nitrogens is 1. The molecular weight excluding hydrogens is 224 g/mol. The van der Waals surface area contributed by atoms with E-state index < -0.39 is 5.97 Å². The third-order valence-electron chi connectivity index (χ3n) is 2.67. The first-order valence-electron chi connectivity index (χ1n) is 5.13. The zero-order valence-electron chi connectivity index (χ0n) is 8.43. The van der Waals surface area contributed by atoms with E-state index in [1.807, 2.05) is 17.5 Å².